The van der Waals surface area contributed by atoms with Crippen molar-refractivity contribution in [3.63, 3.8) is 0 Å². The first-order valence-electron chi connectivity index (χ1n) is 13.3. The van der Waals surface area contributed by atoms with Gasteiger partial charge in [-0.1, -0.05) is 69.2 Å². The largest absolute Gasteiger partial charge is 0.391 e. The van der Waals surface area contributed by atoms with E-state index < -0.39 is 29.1 Å². The summed E-state index contributed by atoms with van der Waals surface area (Å²) in [5.41, 5.74) is 2.33. The third kappa shape index (κ3) is 4.56. The van der Waals surface area contributed by atoms with Gasteiger partial charge in [-0.25, -0.2) is 4.68 Å². The average molecular weight is 494 g/mol. The number of rotatable bonds is 7. The second-order valence-corrected chi connectivity index (χ2v) is 12.2. The minimum Gasteiger partial charge on any atom is -0.391 e. The molecule has 1 aliphatic heterocycles. The normalized spacial score (nSPS) is 28.7. The SMILES string of the molecule is CCC1CC1(NC(=O)C1CC(O)CN1C(=O)[C@@H](n1cc(C2CC2)nn1)C(C)(C)C)c1cccc(C)c1. The molecule has 4 unspecified atom stereocenters. The Bertz CT molecular complexity index is 1150. The van der Waals surface area contributed by atoms with Crippen LogP contribution in [-0.4, -0.2) is 55.5 Å². The lowest BCUT2D eigenvalue weighted by Crippen LogP contribution is -2.52. The number of benzene rings is 1. The van der Waals surface area contributed by atoms with Crippen molar-refractivity contribution in [3.8, 4) is 0 Å². The Morgan fingerprint density at radius 2 is 2.03 bits per heavy atom. The molecule has 8 heteroatoms. The van der Waals surface area contributed by atoms with Crippen LogP contribution in [0.4, 0.5) is 0 Å². The number of nitrogens with zero attached hydrogens (tertiary/aromatic N) is 4. The molecule has 0 bridgehead atoms. The predicted molar refractivity (Wildman–Crippen MR) is 136 cm³/mol. The molecule has 3 aliphatic rings. The first-order chi connectivity index (χ1) is 17.0. The number of aromatic nitrogens is 3. The molecule has 2 aliphatic carbocycles. The van der Waals surface area contributed by atoms with E-state index in [-0.39, 0.29) is 24.8 Å². The van der Waals surface area contributed by atoms with Crippen molar-refractivity contribution in [2.24, 2.45) is 11.3 Å². The minimum atomic E-state index is -0.737. The first kappa shape index (κ1) is 24.9. The maximum Gasteiger partial charge on any atom is 0.248 e. The Balaban J connectivity index is 1.40. The molecule has 2 amide bonds. The first-order valence-corrected chi connectivity index (χ1v) is 13.3. The maximum atomic E-state index is 14.0. The Morgan fingerprint density at radius 1 is 1.28 bits per heavy atom. The van der Waals surface area contributed by atoms with E-state index in [0.717, 1.165) is 42.5 Å². The van der Waals surface area contributed by atoms with Gasteiger partial charge in [0, 0.05) is 25.1 Å². The number of carbonyl (C=O) groups is 2. The summed E-state index contributed by atoms with van der Waals surface area (Å²) < 4.78 is 1.66. The number of β-amino-alcohol motifs (C(OH)–C–C–N with tert-alkyl or cyclic N) is 1. The fourth-order valence-electron chi connectivity index (χ4n) is 5.95. The summed E-state index contributed by atoms with van der Waals surface area (Å²) in [5.74, 6) is 0.405. The smallest absolute Gasteiger partial charge is 0.248 e. The quantitative estimate of drug-likeness (QED) is 0.615. The Kier molecular flexibility index (Phi) is 6.22. The van der Waals surface area contributed by atoms with Crippen molar-refractivity contribution in [1.29, 1.82) is 0 Å². The molecule has 0 radical (unpaired) electrons. The zero-order valence-corrected chi connectivity index (χ0v) is 22.1. The number of nitrogens with one attached hydrogen (secondary N) is 1. The second-order valence-electron chi connectivity index (χ2n) is 12.2. The topological polar surface area (TPSA) is 100 Å². The molecule has 1 saturated heterocycles. The highest BCUT2D eigenvalue weighted by atomic mass is 16.3. The van der Waals surface area contributed by atoms with Crippen LogP contribution in [0.15, 0.2) is 30.5 Å². The van der Waals surface area contributed by atoms with Crippen LogP contribution < -0.4 is 5.32 Å². The maximum absolute atomic E-state index is 14.0. The molecule has 8 nitrogen and oxygen atoms in total. The van der Waals surface area contributed by atoms with Crippen molar-refractivity contribution in [1.82, 2.24) is 25.2 Å². The van der Waals surface area contributed by atoms with Gasteiger partial charge in [-0.3, -0.25) is 9.59 Å². The molecule has 36 heavy (non-hydrogen) atoms. The van der Waals surface area contributed by atoms with Gasteiger partial charge in [-0.05, 0) is 43.1 Å². The number of aryl methyl sites for hydroxylation is 1. The number of amides is 2. The summed E-state index contributed by atoms with van der Waals surface area (Å²) in [6.07, 6.45) is 5.44. The molecule has 2 heterocycles. The summed E-state index contributed by atoms with van der Waals surface area (Å²) in [6, 6.07) is 6.96. The molecule has 0 spiro atoms. The molecular weight excluding hydrogens is 454 g/mol. The number of carbonyl (C=O) groups excluding carboxylic acids is 2. The number of aliphatic hydroxyl groups is 1. The third-order valence-corrected chi connectivity index (χ3v) is 8.18. The minimum absolute atomic E-state index is 0.141. The van der Waals surface area contributed by atoms with Crippen LogP contribution in [0.2, 0.25) is 0 Å². The van der Waals surface area contributed by atoms with Crippen LogP contribution in [-0.2, 0) is 15.1 Å². The third-order valence-electron chi connectivity index (χ3n) is 8.18. The number of aliphatic hydroxyl groups excluding tert-OH is 1. The molecule has 2 saturated carbocycles. The Hall–Kier alpha value is -2.74. The van der Waals surface area contributed by atoms with E-state index in [0.29, 0.717) is 11.8 Å². The van der Waals surface area contributed by atoms with Gasteiger partial charge in [0.1, 0.15) is 12.1 Å². The molecule has 5 atom stereocenters. The summed E-state index contributed by atoms with van der Waals surface area (Å²) >= 11 is 0. The van der Waals surface area contributed by atoms with Gasteiger partial charge in [0.2, 0.25) is 11.8 Å². The van der Waals surface area contributed by atoms with E-state index >= 15 is 0 Å². The van der Waals surface area contributed by atoms with Gasteiger partial charge >= 0.3 is 0 Å². The van der Waals surface area contributed by atoms with E-state index in [9.17, 15) is 14.7 Å². The molecule has 3 fully saturated rings. The standard InChI is InChI=1S/C28H39N5O3/c1-6-19-14-28(19,20-9-7-8-17(2)12-20)29-25(35)23-13-21(34)15-32(23)26(36)24(27(3,4)5)33-16-22(30-31-33)18-10-11-18/h7-9,12,16,18-19,21,23-24,34H,6,10-11,13-15H2,1-5H3,(H,29,35)/t19?,21?,23?,24-,28?/m1/s1. The molecule has 194 valence electrons. The Labute approximate surface area is 213 Å². The highest BCUT2D eigenvalue weighted by Gasteiger charge is 2.56. The zero-order valence-electron chi connectivity index (χ0n) is 22.1. The van der Waals surface area contributed by atoms with Crippen LogP contribution in [0.5, 0.6) is 0 Å². The van der Waals surface area contributed by atoms with Crippen molar-refractivity contribution >= 4 is 11.8 Å². The molecule has 2 N–H and O–H groups in total. The summed E-state index contributed by atoms with van der Waals surface area (Å²) in [4.78, 5) is 29.3. The van der Waals surface area contributed by atoms with Gasteiger partial charge in [0.15, 0.2) is 0 Å². The van der Waals surface area contributed by atoms with Crippen LogP contribution in [0, 0.1) is 18.3 Å². The van der Waals surface area contributed by atoms with Crippen LogP contribution in [0.1, 0.15) is 88.6 Å². The van der Waals surface area contributed by atoms with E-state index in [1.807, 2.05) is 33.0 Å². The van der Waals surface area contributed by atoms with Gasteiger partial charge < -0.3 is 15.3 Å². The number of hydrogen-bond donors (Lipinski definition) is 2. The summed E-state index contributed by atoms with van der Waals surface area (Å²) in [6.45, 7) is 10.3. The van der Waals surface area contributed by atoms with Crippen LogP contribution in [0.3, 0.4) is 0 Å². The Morgan fingerprint density at radius 3 is 2.64 bits per heavy atom. The number of likely N-dealkylation sites (tertiary alicyclic amines) is 1. The van der Waals surface area contributed by atoms with Crippen molar-refractivity contribution < 1.29 is 14.7 Å². The molecule has 5 rings (SSSR count). The van der Waals surface area contributed by atoms with Crippen molar-refractivity contribution in [2.45, 2.75) is 96.4 Å². The monoisotopic (exact) mass is 493 g/mol. The van der Waals surface area contributed by atoms with Gasteiger partial charge in [-0.15, -0.1) is 5.10 Å². The molecule has 1 aromatic heterocycles. The van der Waals surface area contributed by atoms with Gasteiger partial charge in [-0.2, -0.15) is 0 Å². The molecule has 1 aromatic carbocycles. The second kappa shape index (κ2) is 8.98. The van der Waals surface area contributed by atoms with E-state index in [4.69, 9.17) is 0 Å². The summed E-state index contributed by atoms with van der Waals surface area (Å²) in [5, 5.41) is 22.5. The van der Waals surface area contributed by atoms with E-state index in [2.05, 4.69) is 47.7 Å². The van der Waals surface area contributed by atoms with Gasteiger partial charge in [0.25, 0.3) is 0 Å². The highest BCUT2D eigenvalue weighted by Crippen LogP contribution is 2.54. The fraction of sp³-hybridized carbons (Fsp3) is 0.643. The average Bonchev–Trinajstić information content (AvgIpc) is 3.69. The number of hydrogen-bond acceptors (Lipinski definition) is 5. The lowest BCUT2D eigenvalue weighted by Gasteiger charge is -2.35. The molecular formula is C28H39N5O3. The van der Waals surface area contributed by atoms with Crippen molar-refractivity contribution in [3.05, 3.63) is 47.3 Å². The lowest BCUT2D eigenvalue weighted by atomic mass is 9.85. The van der Waals surface area contributed by atoms with Gasteiger partial charge in [0.05, 0.1) is 17.3 Å². The van der Waals surface area contributed by atoms with E-state index in [1.54, 1.807) is 9.58 Å². The zero-order chi connectivity index (χ0) is 25.8. The van der Waals surface area contributed by atoms with E-state index in [1.165, 1.54) is 0 Å². The molecule has 2 aromatic rings. The highest BCUT2D eigenvalue weighted by molar-refractivity contribution is 5.91. The predicted octanol–water partition coefficient (Wildman–Crippen LogP) is 3.45. The van der Waals surface area contributed by atoms with Crippen LogP contribution >= 0.6 is 0 Å². The summed E-state index contributed by atoms with van der Waals surface area (Å²) in [7, 11) is 0. The fourth-order valence-corrected chi connectivity index (χ4v) is 5.95. The van der Waals surface area contributed by atoms with Crippen LogP contribution in [0.25, 0.3) is 0 Å². The lowest BCUT2D eigenvalue weighted by molar-refractivity contribution is -0.144. The van der Waals surface area contributed by atoms with Crippen molar-refractivity contribution in [2.75, 3.05) is 6.54 Å².